The molecule has 1 aromatic heterocycles. The third-order valence-electron chi connectivity index (χ3n) is 4.18. The fraction of sp³-hybridized carbons (Fsp3) is 0.227. The van der Waals surface area contributed by atoms with Crippen LogP contribution in [0.15, 0.2) is 60.7 Å². The average Bonchev–Trinajstić information content (AvgIpc) is 2.75. The minimum absolute atomic E-state index is 0.114. The van der Waals surface area contributed by atoms with Gasteiger partial charge in [0.25, 0.3) is 5.91 Å². The summed E-state index contributed by atoms with van der Waals surface area (Å²) in [4.78, 5) is 12.1. The molecule has 0 unspecified atom stereocenters. The van der Waals surface area contributed by atoms with E-state index in [0.29, 0.717) is 36.8 Å². The van der Waals surface area contributed by atoms with Crippen molar-refractivity contribution in [1.29, 1.82) is 0 Å². The highest BCUT2D eigenvalue weighted by Crippen LogP contribution is 2.19. The van der Waals surface area contributed by atoms with Crippen LogP contribution in [-0.2, 0) is 4.74 Å². The quantitative estimate of drug-likeness (QED) is 0.533. The molecule has 0 aliphatic carbocycles. The Morgan fingerprint density at radius 3 is 2.41 bits per heavy atom. The van der Waals surface area contributed by atoms with Gasteiger partial charge in [0.15, 0.2) is 5.82 Å². The van der Waals surface area contributed by atoms with Crippen molar-refractivity contribution in [3.8, 4) is 11.3 Å². The van der Waals surface area contributed by atoms with E-state index in [-0.39, 0.29) is 11.7 Å². The highest BCUT2D eigenvalue weighted by molar-refractivity contribution is 5.94. The molecule has 1 heterocycles. The number of aromatic nitrogens is 2. The molecule has 3 aromatic rings. The largest absolute Gasteiger partial charge is 0.382 e. The number of carbonyl (C=O) groups excluding carboxylic acids is 1. The monoisotopic (exact) mass is 394 g/mol. The number of nitrogens with zero attached hydrogens (tertiary/aromatic N) is 2. The van der Waals surface area contributed by atoms with Gasteiger partial charge >= 0.3 is 0 Å². The molecular formula is C22H23FN4O2. The normalized spacial score (nSPS) is 10.6. The third-order valence-corrected chi connectivity index (χ3v) is 4.18. The molecule has 3 rings (SSSR count). The molecule has 29 heavy (non-hydrogen) atoms. The lowest BCUT2D eigenvalue weighted by Gasteiger charge is -2.08. The summed E-state index contributed by atoms with van der Waals surface area (Å²) in [5.41, 5.74) is 2.83. The molecule has 2 N–H and O–H groups in total. The molecule has 0 aliphatic heterocycles. The van der Waals surface area contributed by atoms with Gasteiger partial charge in [-0.05, 0) is 74.0 Å². The van der Waals surface area contributed by atoms with E-state index in [4.69, 9.17) is 4.74 Å². The first-order valence-corrected chi connectivity index (χ1v) is 9.48. The number of benzene rings is 2. The van der Waals surface area contributed by atoms with E-state index in [1.54, 1.807) is 30.3 Å². The van der Waals surface area contributed by atoms with E-state index in [1.807, 2.05) is 25.1 Å². The summed E-state index contributed by atoms with van der Waals surface area (Å²) in [6, 6.07) is 16.8. The van der Waals surface area contributed by atoms with Crippen LogP contribution in [0.1, 0.15) is 23.7 Å². The number of anilines is 2. The number of ether oxygens (including phenoxy) is 1. The summed E-state index contributed by atoms with van der Waals surface area (Å²) in [6.07, 6.45) is 0.784. The zero-order valence-corrected chi connectivity index (χ0v) is 16.2. The number of rotatable bonds is 9. The highest BCUT2D eigenvalue weighted by Gasteiger charge is 2.06. The second kappa shape index (κ2) is 10.3. The Bertz CT molecular complexity index is 913. The van der Waals surface area contributed by atoms with Crippen LogP contribution in [0.4, 0.5) is 15.9 Å². The van der Waals surface area contributed by atoms with Crippen LogP contribution in [-0.4, -0.2) is 35.9 Å². The van der Waals surface area contributed by atoms with Gasteiger partial charge in [-0.3, -0.25) is 4.79 Å². The Morgan fingerprint density at radius 1 is 1.00 bits per heavy atom. The van der Waals surface area contributed by atoms with Crippen molar-refractivity contribution in [2.45, 2.75) is 13.3 Å². The van der Waals surface area contributed by atoms with Crippen LogP contribution in [0.3, 0.4) is 0 Å². The van der Waals surface area contributed by atoms with E-state index in [9.17, 15) is 9.18 Å². The summed E-state index contributed by atoms with van der Waals surface area (Å²) >= 11 is 0. The van der Waals surface area contributed by atoms with Crippen molar-refractivity contribution in [2.24, 2.45) is 0 Å². The third kappa shape index (κ3) is 6.08. The van der Waals surface area contributed by atoms with Crippen LogP contribution < -0.4 is 10.6 Å². The lowest BCUT2D eigenvalue weighted by Crippen LogP contribution is -2.25. The average molecular weight is 394 g/mol. The Labute approximate surface area is 169 Å². The minimum atomic E-state index is -0.289. The summed E-state index contributed by atoms with van der Waals surface area (Å²) < 4.78 is 18.3. The molecule has 6 nitrogen and oxygen atoms in total. The van der Waals surface area contributed by atoms with Gasteiger partial charge in [0.1, 0.15) is 5.82 Å². The predicted octanol–water partition coefficient (Wildman–Crippen LogP) is 4.18. The smallest absolute Gasteiger partial charge is 0.251 e. The molecule has 0 fully saturated rings. The Morgan fingerprint density at radius 2 is 1.76 bits per heavy atom. The maximum Gasteiger partial charge on any atom is 0.251 e. The molecule has 7 heteroatoms. The maximum atomic E-state index is 13.0. The van der Waals surface area contributed by atoms with Crippen molar-refractivity contribution in [3.05, 3.63) is 72.0 Å². The Kier molecular flexibility index (Phi) is 7.24. The Hall–Kier alpha value is -3.32. The number of hydrogen-bond donors (Lipinski definition) is 2. The molecular weight excluding hydrogens is 371 g/mol. The molecule has 0 saturated heterocycles. The second-order valence-electron chi connectivity index (χ2n) is 6.32. The lowest BCUT2D eigenvalue weighted by molar-refractivity contribution is 0.0944. The molecule has 2 aromatic carbocycles. The van der Waals surface area contributed by atoms with Crippen molar-refractivity contribution in [1.82, 2.24) is 15.5 Å². The summed E-state index contributed by atoms with van der Waals surface area (Å²) in [7, 11) is 0. The zero-order valence-electron chi connectivity index (χ0n) is 16.2. The first-order chi connectivity index (χ1) is 14.2. The molecule has 0 bridgehead atoms. The van der Waals surface area contributed by atoms with E-state index in [0.717, 1.165) is 17.7 Å². The van der Waals surface area contributed by atoms with Crippen LogP contribution >= 0.6 is 0 Å². The molecule has 0 spiro atoms. The number of carbonyl (C=O) groups is 1. The first kappa shape index (κ1) is 20.4. The fourth-order valence-electron chi connectivity index (χ4n) is 2.65. The summed E-state index contributed by atoms with van der Waals surface area (Å²) in [5.74, 6) is 0.170. The van der Waals surface area contributed by atoms with E-state index in [1.165, 1.54) is 12.1 Å². The van der Waals surface area contributed by atoms with Gasteiger partial charge in [0.2, 0.25) is 0 Å². The topological polar surface area (TPSA) is 76.1 Å². The van der Waals surface area contributed by atoms with Gasteiger partial charge in [-0.1, -0.05) is 0 Å². The van der Waals surface area contributed by atoms with Crippen molar-refractivity contribution < 1.29 is 13.9 Å². The standard InChI is InChI=1S/C22H23FN4O2/c1-2-29-15-3-14-24-22(28)17-6-10-19(11-7-17)25-21-13-12-20(26-27-21)16-4-8-18(23)9-5-16/h4-13H,2-3,14-15H2,1H3,(H,24,28)(H,25,27). The molecule has 0 radical (unpaired) electrons. The molecule has 0 aliphatic rings. The minimum Gasteiger partial charge on any atom is -0.382 e. The van der Waals surface area contributed by atoms with Crippen LogP contribution in [0, 0.1) is 5.82 Å². The van der Waals surface area contributed by atoms with Gasteiger partial charge in [-0.2, -0.15) is 0 Å². The maximum absolute atomic E-state index is 13.0. The predicted molar refractivity (Wildman–Crippen MR) is 111 cm³/mol. The van der Waals surface area contributed by atoms with Gasteiger partial charge < -0.3 is 15.4 Å². The van der Waals surface area contributed by atoms with Crippen molar-refractivity contribution in [2.75, 3.05) is 25.1 Å². The van der Waals surface area contributed by atoms with Gasteiger partial charge in [-0.25, -0.2) is 4.39 Å². The van der Waals surface area contributed by atoms with Gasteiger partial charge in [-0.15, -0.1) is 10.2 Å². The lowest BCUT2D eigenvalue weighted by atomic mass is 10.1. The van der Waals surface area contributed by atoms with Gasteiger partial charge in [0, 0.05) is 36.6 Å². The van der Waals surface area contributed by atoms with E-state index < -0.39 is 0 Å². The summed E-state index contributed by atoms with van der Waals surface area (Å²) in [5, 5.41) is 14.3. The SMILES string of the molecule is CCOCCCNC(=O)c1ccc(Nc2ccc(-c3ccc(F)cc3)nn2)cc1. The zero-order chi connectivity index (χ0) is 20.5. The first-order valence-electron chi connectivity index (χ1n) is 9.48. The van der Waals surface area contributed by atoms with Crippen LogP contribution in [0.2, 0.25) is 0 Å². The van der Waals surface area contributed by atoms with Crippen LogP contribution in [0.5, 0.6) is 0 Å². The van der Waals surface area contributed by atoms with Crippen LogP contribution in [0.25, 0.3) is 11.3 Å². The number of amides is 1. The summed E-state index contributed by atoms with van der Waals surface area (Å²) in [6.45, 7) is 3.84. The highest BCUT2D eigenvalue weighted by atomic mass is 19.1. The second-order valence-corrected chi connectivity index (χ2v) is 6.32. The molecule has 150 valence electrons. The molecule has 1 amide bonds. The van der Waals surface area contributed by atoms with Gasteiger partial charge in [0.05, 0.1) is 5.69 Å². The fourth-order valence-corrected chi connectivity index (χ4v) is 2.65. The molecule has 0 atom stereocenters. The number of halogens is 1. The van der Waals surface area contributed by atoms with E-state index in [2.05, 4.69) is 20.8 Å². The molecule has 0 saturated carbocycles. The number of nitrogens with one attached hydrogen (secondary N) is 2. The van der Waals surface area contributed by atoms with Crippen molar-refractivity contribution >= 4 is 17.4 Å². The van der Waals surface area contributed by atoms with E-state index >= 15 is 0 Å². The van der Waals surface area contributed by atoms with Crippen molar-refractivity contribution in [3.63, 3.8) is 0 Å². The Balaban J connectivity index is 1.54. The number of hydrogen-bond acceptors (Lipinski definition) is 5.